The third-order valence-corrected chi connectivity index (χ3v) is 2.80. The van der Waals surface area contributed by atoms with Crippen LogP contribution >= 0.6 is 0 Å². The Balaban J connectivity index is 2.48. The van der Waals surface area contributed by atoms with E-state index in [2.05, 4.69) is 38.3 Å². The van der Waals surface area contributed by atoms with Crippen molar-refractivity contribution in [3.63, 3.8) is 0 Å². The summed E-state index contributed by atoms with van der Waals surface area (Å²) in [6, 6.07) is 2.48. The van der Waals surface area contributed by atoms with Gasteiger partial charge in [0.1, 0.15) is 0 Å². The van der Waals surface area contributed by atoms with Crippen LogP contribution in [-0.4, -0.2) is 24.2 Å². The molecule has 0 aromatic rings. The highest BCUT2D eigenvalue weighted by Gasteiger charge is 2.27. The van der Waals surface area contributed by atoms with E-state index < -0.39 is 0 Å². The Morgan fingerprint density at radius 3 is 2.00 bits per heavy atom. The van der Waals surface area contributed by atoms with E-state index in [1.807, 2.05) is 0 Å². The summed E-state index contributed by atoms with van der Waals surface area (Å²) in [7, 11) is 0. The molecule has 0 amide bonds. The minimum Gasteiger partial charge on any atom is -0.309 e. The van der Waals surface area contributed by atoms with Gasteiger partial charge >= 0.3 is 0 Å². The van der Waals surface area contributed by atoms with Crippen molar-refractivity contribution in [3.8, 4) is 0 Å². The first-order valence-electron chi connectivity index (χ1n) is 4.67. The summed E-state index contributed by atoms with van der Waals surface area (Å²) in [5.74, 6) is 0. The average Bonchev–Trinajstić information content (AvgIpc) is 1.97. The molecule has 1 rings (SSSR count). The van der Waals surface area contributed by atoms with Gasteiger partial charge in [0.2, 0.25) is 0 Å². The molecule has 1 fully saturated rings. The molecule has 1 saturated heterocycles. The summed E-state index contributed by atoms with van der Waals surface area (Å²) in [4.78, 5) is 0. The molecule has 1 aliphatic rings. The quantitative estimate of drug-likeness (QED) is 0.594. The molecule has 0 radical (unpaired) electrons. The Bertz CT molecular complexity index is 125. The van der Waals surface area contributed by atoms with Gasteiger partial charge in [0.25, 0.3) is 0 Å². The van der Waals surface area contributed by atoms with E-state index in [0.717, 1.165) is 0 Å². The molecule has 4 atom stereocenters. The highest BCUT2D eigenvalue weighted by molar-refractivity contribution is 4.91. The molecule has 0 aromatic heterocycles. The van der Waals surface area contributed by atoms with E-state index in [0.29, 0.717) is 24.2 Å². The maximum atomic E-state index is 3.60. The van der Waals surface area contributed by atoms with Crippen molar-refractivity contribution >= 4 is 0 Å². The van der Waals surface area contributed by atoms with E-state index in [4.69, 9.17) is 0 Å². The van der Waals surface area contributed by atoms with Crippen molar-refractivity contribution in [2.75, 3.05) is 0 Å². The van der Waals surface area contributed by atoms with Gasteiger partial charge in [-0.3, -0.25) is 0 Å². The van der Waals surface area contributed by atoms with Crippen LogP contribution in [0, 0.1) is 0 Å². The van der Waals surface area contributed by atoms with E-state index in [9.17, 15) is 0 Å². The number of piperazine rings is 1. The van der Waals surface area contributed by atoms with E-state index in [1.54, 1.807) is 0 Å². The van der Waals surface area contributed by atoms with Crippen molar-refractivity contribution in [2.24, 2.45) is 0 Å². The molecule has 0 aromatic carbocycles. The first kappa shape index (κ1) is 9.01. The second-order valence-corrected chi connectivity index (χ2v) is 3.71. The first-order valence-corrected chi connectivity index (χ1v) is 4.67. The maximum absolute atomic E-state index is 3.60. The lowest BCUT2D eigenvalue weighted by atomic mass is 9.98. The van der Waals surface area contributed by atoms with Crippen molar-refractivity contribution in [1.29, 1.82) is 0 Å². The zero-order valence-electron chi connectivity index (χ0n) is 8.02. The SMILES string of the molecule is CCC1NC(C)C(C)NC1C. The molecular weight excluding hydrogens is 136 g/mol. The van der Waals surface area contributed by atoms with Crippen LogP contribution in [0.4, 0.5) is 0 Å². The Morgan fingerprint density at radius 1 is 0.909 bits per heavy atom. The van der Waals surface area contributed by atoms with Gasteiger partial charge < -0.3 is 10.6 Å². The number of hydrogen-bond acceptors (Lipinski definition) is 2. The first-order chi connectivity index (χ1) is 5.15. The van der Waals surface area contributed by atoms with Crippen molar-refractivity contribution < 1.29 is 0 Å². The van der Waals surface area contributed by atoms with Gasteiger partial charge in [-0.05, 0) is 27.2 Å². The molecule has 0 saturated carbocycles. The zero-order chi connectivity index (χ0) is 8.43. The van der Waals surface area contributed by atoms with Crippen LogP contribution < -0.4 is 10.6 Å². The summed E-state index contributed by atoms with van der Waals surface area (Å²) in [6.07, 6.45) is 1.21. The molecule has 66 valence electrons. The van der Waals surface area contributed by atoms with E-state index >= 15 is 0 Å². The normalized spacial score (nSPS) is 45.8. The van der Waals surface area contributed by atoms with Crippen LogP contribution in [0.3, 0.4) is 0 Å². The Hall–Kier alpha value is -0.0800. The average molecular weight is 156 g/mol. The predicted molar refractivity (Wildman–Crippen MR) is 48.7 cm³/mol. The standard InChI is InChI=1S/C9H20N2/c1-5-9-8(4)10-6(2)7(3)11-9/h6-11H,5H2,1-4H3. The fourth-order valence-electron chi connectivity index (χ4n) is 1.77. The van der Waals surface area contributed by atoms with Crippen LogP contribution in [0.5, 0.6) is 0 Å². The molecular formula is C9H20N2. The van der Waals surface area contributed by atoms with Gasteiger partial charge in [-0.2, -0.15) is 0 Å². The van der Waals surface area contributed by atoms with E-state index in [-0.39, 0.29) is 0 Å². The van der Waals surface area contributed by atoms with Crippen molar-refractivity contribution in [3.05, 3.63) is 0 Å². The van der Waals surface area contributed by atoms with Crippen LogP contribution in [0.25, 0.3) is 0 Å². The number of rotatable bonds is 1. The Labute approximate surface area is 69.8 Å². The molecule has 2 nitrogen and oxygen atoms in total. The van der Waals surface area contributed by atoms with Crippen LogP contribution in [0.15, 0.2) is 0 Å². The smallest absolute Gasteiger partial charge is 0.0219 e. The van der Waals surface area contributed by atoms with Gasteiger partial charge in [0.05, 0.1) is 0 Å². The molecule has 1 aliphatic heterocycles. The molecule has 0 bridgehead atoms. The molecule has 2 N–H and O–H groups in total. The van der Waals surface area contributed by atoms with Crippen LogP contribution in [0.1, 0.15) is 34.1 Å². The zero-order valence-corrected chi connectivity index (χ0v) is 8.02. The summed E-state index contributed by atoms with van der Waals surface area (Å²) in [5.41, 5.74) is 0. The topological polar surface area (TPSA) is 24.1 Å². The fraction of sp³-hybridized carbons (Fsp3) is 1.00. The molecule has 11 heavy (non-hydrogen) atoms. The van der Waals surface area contributed by atoms with Crippen LogP contribution in [0.2, 0.25) is 0 Å². The molecule has 0 aliphatic carbocycles. The second kappa shape index (κ2) is 3.55. The van der Waals surface area contributed by atoms with Crippen molar-refractivity contribution in [1.82, 2.24) is 10.6 Å². The van der Waals surface area contributed by atoms with Gasteiger partial charge in [-0.25, -0.2) is 0 Å². The molecule has 4 unspecified atom stereocenters. The van der Waals surface area contributed by atoms with Gasteiger partial charge in [0, 0.05) is 24.2 Å². The highest BCUT2D eigenvalue weighted by Crippen LogP contribution is 2.09. The lowest BCUT2D eigenvalue weighted by Gasteiger charge is -2.39. The number of hydrogen-bond donors (Lipinski definition) is 2. The van der Waals surface area contributed by atoms with Gasteiger partial charge in [0.15, 0.2) is 0 Å². The second-order valence-electron chi connectivity index (χ2n) is 3.71. The molecule has 2 heteroatoms. The molecule has 1 heterocycles. The van der Waals surface area contributed by atoms with Gasteiger partial charge in [-0.15, -0.1) is 0 Å². The fourth-order valence-corrected chi connectivity index (χ4v) is 1.77. The number of nitrogens with one attached hydrogen (secondary N) is 2. The maximum Gasteiger partial charge on any atom is 0.0219 e. The largest absolute Gasteiger partial charge is 0.309 e. The van der Waals surface area contributed by atoms with Gasteiger partial charge in [-0.1, -0.05) is 6.92 Å². The summed E-state index contributed by atoms with van der Waals surface area (Å²) < 4.78 is 0. The monoisotopic (exact) mass is 156 g/mol. The van der Waals surface area contributed by atoms with Crippen LogP contribution in [-0.2, 0) is 0 Å². The Morgan fingerprint density at radius 2 is 1.45 bits per heavy atom. The Kier molecular flexibility index (Phi) is 2.90. The summed E-state index contributed by atoms with van der Waals surface area (Å²) in [6.45, 7) is 8.97. The van der Waals surface area contributed by atoms with Crippen molar-refractivity contribution in [2.45, 2.75) is 58.3 Å². The lowest BCUT2D eigenvalue weighted by Crippen LogP contribution is -2.62. The van der Waals surface area contributed by atoms with E-state index in [1.165, 1.54) is 6.42 Å². The third-order valence-electron chi connectivity index (χ3n) is 2.80. The predicted octanol–water partition coefficient (Wildman–Crippen LogP) is 1.12. The summed E-state index contributed by atoms with van der Waals surface area (Å²) in [5, 5.41) is 7.17. The molecule has 0 spiro atoms. The summed E-state index contributed by atoms with van der Waals surface area (Å²) >= 11 is 0. The minimum absolute atomic E-state index is 0.604. The highest BCUT2D eigenvalue weighted by atomic mass is 15.1. The lowest BCUT2D eigenvalue weighted by molar-refractivity contribution is 0.234. The third kappa shape index (κ3) is 1.94. The minimum atomic E-state index is 0.604.